The molecule has 0 saturated carbocycles. The van der Waals surface area contributed by atoms with Crippen molar-refractivity contribution in [3.8, 4) is 17.6 Å². The van der Waals surface area contributed by atoms with Gasteiger partial charge in [0, 0.05) is 12.5 Å². The molecule has 0 bridgehead atoms. The van der Waals surface area contributed by atoms with E-state index in [0.717, 1.165) is 5.56 Å². The molecule has 1 aliphatic heterocycles. The smallest absolute Gasteiger partial charge is 0.345 e. The summed E-state index contributed by atoms with van der Waals surface area (Å²) in [6.45, 7) is 4.15. The molecule has 1 N–H and O–H groups in total. The minimum absolute atomic E-state index is 0.381. The van der Waals surface area contributed by atoms with Crippen molar-refractivity contribution >= 4 is 5.97 Å². The Morgan fingerprint density at radius 3 is 3.00 bits per heavy atom. The molecule has 0 saturated heterocycles. The normalized spacial score (nSPS) is 16.9. The maximum atomic E-state index is 10.9. The van der Waals surface area contributed by atoms with Gasteiger partial charge in [0.25, 0.3) is 0 Å². The molecule has 5 heteroatoms. The van der Waals surface area contributed by atoms with Gasteiger partial charge in [0.05, 0.1) is 18.1 Å². The summed E-state index contributed by atoms with van der Waals surface area (Å²) in [7, 11) is 0. The number of hydrogen-bond donors (Lipinski definition) is 1. The van der Waals surface area contributed by atoms with Crippen LogP contribution in [0.3, 0.4) is 0 Å². The van der Waals surface area contributed by atoms with Crippen molar-refractivity contribution in [1.29, 1.82) is 5.26 Å². The maximum Gasteiger partial charge on any atom is 0.345 e. The zero-order valence-corrected chi connectivity index (χ0v) is 11.5. The summed E-state index contributed by atoms with van der Waals surface area (Å²) in [5, 5.41) is 17.8. The van der Waals surface area contributed by atoms with Gasteiger partial charge in [-0.1, -0.05) is 6.07 Å². The van der Waals surface area contributed by atoms with E-state index >= 15 is 0 Å². The molecular formula is C15H17NO4. The van der Waals surface area contributed by atoms with Gasteiger partial charge in [-0.05, 0) is 31.9 Å². The summed E-state index contributed by atoms with van der Waals surface area (Å²) in [4.78, 5) is 10.9. The molecule has 0 fully saturated rings. The molecule has 2 rings (SSSR count). The number of hydrogen-bond acceptors (Lipinski definition) is 4. The molecule has 106 valence electrons. The molecule has 0 aliphatic carbocycles. The van der Waals surface area contributed by atoms with E-state index in [2.05, 4.69) is 6.07 Å². The molecule has 1 atom stereocenters. The van der Waals surface area contributed by atoms with Crippen LogP contribution in [0.5, 0.6) is 11.5 Å². The monoisotopic (exact) mass is 275 g/mol. The van der Waals surface area contributed by atoms with Gasteiger partial charge < -0.3 is 14.6 Å². The van der Waals surface area contributed by atoms with E-state index in [0.29, 0.717) is 30.9 Å². The number of rotatable bonds is 5. The van der Waals surface area contributed by atoms with E-state index in [-0.39, 0.29) is 0 Å². The average Bonchev–Trinajstić information content (AvgIpc) is 2.82. The summed E-state index contributed by atoms with van der Waals surface area (Å²) in [6, 6.07) is 7.54. The third-order valence-electron chi connectivity index (χ3n) is 3.29. The molecule has 20 heavy (non-hydrogen) atoms. The van der Waals surface area contributed by atoms with Gasteiger partial charge >= 0.3 is 5.97 Å². The lowest BCUT2D eigenvalue weighted by atomic mass is 9.92. The summed E-state index contributed by atoms with van der Waals surface area (Å²) in [6.07, 6.45) is 0.198. The molecular weight excluding hydrogens is 258 g/mol. The minimum atomic E-state index is -0.959. The van der Waals surface area contributed by atoms with E-state index in [1.54, 1.807) is 12.1 Å². The number of nitriles is 1. The molecule has 0 radical (unpaired) electrons. The molecule has 1 aliphatic rings. The molecule has 1 aromatic rings. The first-order valence-corrected chi connectivity index (χ1v) is 6.48. The number of carboxylic acids is 1. The molecule has 1 heterocycles. The third kappa shape index (κ3) is 3.21. The van der Waals surface area contributed by atoms with E-state index < -0.39 is 17.5 Å². The SMILES string of the molecule is CC(C)(C#N)CCOc1ccc2c(c1)OC(C(=O)O)C2. The Hall–Kier alpha value is -2.22. The van der Waals surface area contributed by atoms with Crippen molar-refractivity contribution in [2.45, 2.75) is 32.8 Å². The van der Waals surface area contributed by atoms with Crippen LogP contribution in [-0.4, -0.2) is 23.8 Å². The van der Waals surface area contributed by atoms with Crippen LogP contribution >= 0.6 is 0 Å². The van der Waals surface area contributed by atoms with E-state index in [9.17, 15) is 4.79 Å². The van der Waals surface area contributed by atoms with Crippen molar-refractivity contribution in [2.75, 3.05) is 6.61 Å². The first-order valence-electron chi connectivity index (χ1n) is 6.48. The second kappa shape index (κ2) is 5.41. The third-order valence-corrected chi connectivity index (χ3v) is 3.29. The van der Waals surface area contributed by atoms with Crippen molar-refractivity contribution in [1.82, 2.24) is 0 Å². The summed E-state index contributed by atoms with van der Waals surface area (Å²) in [5.74, 6) is 0.234. The predicted molar refractivity (Wildman–Crippen MR) is 71.7 cm³/mol. The van der Waals surface area contributed by atoms with Gasteiger partial charge in [-0.25, -0.2) is 4.79 Å². The van der Waals surface area contributed by atoms with Crippen LogP contribution in [0, 0.1) is 16.7 Å². The molecule has 0 spiro atoms. The van der Waals surface area contributed by atoms with Crippen LogP contribution in [0.1, 0.15) is 25.8 Å². The van der Waals surface area contributed by atoms with Crippen LogP contribution in [0.2, 0.25) is 0 Å². The van der Waals surface area contributed by atoms with Crippen LogP contribution in [0.25, 0.3) is 0 Å². The molecule has 0 amide bonds. The Bertz CT molecular complexity index is 559. The Morgan fingerprint density at radius 1 is 1.60 bits per heavy atom. The van der Waals surface area contributed by atoms with Crippen molar-refractivity contribution < 1.29 is 19.4 Å². The van der Waals surface area contributed by atoms with Crippen LogP contribution in [-0.2, 0) is 11.2 Å². The lowest BCUT2D eigenvalue weighted by molar-refractivity contribution is -0.144. The highest BCUT2D eigenvalue weighted by atomic mass is 16.5. The Kier molecular flexibility index (Phi) is 3.84. The average molecular weight is 275 g/mol. The molecule has 1 unspecified atom stereocenters. The number of benzene rings is 1. The predicted octanol–water partition coefficient (Wildman–Crippen LogP) is 2.39. The number of fused-ring (bicyclic) bond motifs is 1. The Morgan fingerprint density at radius 2 is 2.35 bits per heavy atom. The first-order chi connectivity index (χ1) is 9.41. The first kappa shape index (κ1) is 14.2. The fourth-order valence-electron chi connectivity index (χ4n) is 1.92. The van der Waals surface area contributed by atoms with Crippen LogP contribution in [0.4, 0.5) is 0 Å². The Balaban J connectivity index is 1.95. The minimum Gasteiger partial charge on any atom is -0.493 e. The quantitative estimate of drug-likeness (QED) is 0.892. The van der Waals surface area contributed by atoms with E-state index in [1.165, 1.54) is 0 Å². The van der Waals surface area contributed by atoms with Gasteiger partial charge in [0.2, 0.25) is 0 Å². The highest BCUT2D eigenvalue weighted by molar-refractivity contribution is 5.74. The second-order valence-corrected chi connectivity index (χ2v) is 5.51. The van der Waals surface area contributed by atoms with Gasteiger partial charge in [-0.15, -0.1) is 0 Å². The lowest BCUT2D eigenvalue weighted by Gasteiger charge is -2.15. The highest BCUT2D eigenvalue weighted by Gasteiger charge is 2.29. The number of carbonyl (C=O) groups is 1. The van der Waals surface area contributed by atoms with Gasteiger partial charge in [-0.3, -0.25) is 0 Å². The maximum absolute atomic E-state index is 10.9. The number of aliphatic carboxylic acids is 1. The number of nitrogens with zero attached hydrogens (tertiary/aromatic N) is 1. The van der Waals surface area contributed by atoms with Gasteiger partial charge in [0.15, 0.2) is 6.10 Å². The summed E-state index contributed by atoms with van der Waals surface area (Å²) < 4.78 is 10.9. The largest absolute Gasteiger partial charge is 0.493 e. The zero-order chi connectivity index (χ0) is 14.8. The Labute approximate surface area is 117 Å². The zero-order valence-electron chi connectivity index (χ0n) is 11.5. The van der Waals surface area contributed by atoms with Crippen LogP contribution < -0.4 is 9.47 Å². The number of carboxylic acid groups (broad SMARTS) is 1. The van der Waals surface area contributed by atoms with Crippen molar-refractivity contribution in [3.63, 3.8) is 0 Å². The fraction of sp³-hybridized carbons (Fsp3) is 0.467. The van der Waals surface area contributed by atoms with Crippen molar-refractivity contribution in [2.24, 2.45) is 5.41 Å². The molecule has 5 nitrogen and oxygen atoms in total. The second-order valence-electron chi connectivity index (χ2n) is 5.51. The molecule has 0 aromatic heterocycles. The lowest BCUT2D eigenvalue weighted by Crippen LogP contribution is -2.24. The van der Waals surface area contributed by atoms with Gasteiger partial charge in [-0.2, -0.15) is 5.26 Å². The number of ether oxygens (including phenoxy) is 2. The molecule has 1 aromatic carbocycles. The fourth-order valence-corrected chi connectivity index (χ4v) is 1.92. The van der Waals surface area contributed by atoms with E-state index in [1.807, 2.05) is 19.9 Å². The van der Waals surface area contributed by atoms with Crippen LogP contribution in [0.15, 0.2) is 18.2 Å². The highest BCUT2D eigenvalue weighted by Crippen LogP contribution is 2.32. The van der Waals surface area contributed by atoms with Crippen molar-refractivity contribution in [3.05, 3.63) is 23.8 Å². The standard InChI is InChI=1S/C15H17NO4/c1-15(2,9-16)5-6-19-11-4-3-10-7-13(14(17)18)20-12(10)8-11/h3-4,8,13H,5-7H2,1-2H3,(H,17,18). The van der Waals surface area contributed by atoms with E-state index in [4.69, 9.17) is 19.8 Å². The van der Waals surface area contributed by atoms with Gasteiger partial charge in [0.1, 0.15) is 11.5 Å². The summed E-state index contributed by atoms with van der Waals surface area (Å²) in [5.41, 5.74) is 0.462. The topological polar surface area (TPSA) is 79.5 Å². The summed E-state index contributed by atoms with van der Waals surface area (Å²) >= 11 is 0.